The first kappa shape index (κ1) is 11.6. The van der Waals surface area contributed by atoms with Crippen molar-refractivity contribution in [2.75, 3.05) is 39.3 Å². The molecule has 5 heteroatoms. The molecule has 0 aromatic heterocycles. The van der Waals surface area contributed by atoms with E-state index in [0.717, 1.165) is 44.7 Å². The van der Waals surface area contributed by atoms with Gasteiger partial charge in [0.15, 0.2) is 0 Å². The predicted octanol–water partition coefficient (Wildman–Crippen LogP) is -1.30. The van der Waals surface area contributed by atoms with Gasteiger partial charge in [-0.2, -0.15) is 0 Å². The molecule has 2 saturated heterocycles. The van der Waals surface area contributed by atoms with Crippen molar-refractivity contribution in [1.82, 2.24) is 15.5 Å². The molecule has 1 unspecified atom stereocenters. The number of amides is 1. The maximum Gasteiger partial charge on any atom is 0.234 e. The summed E-state index contributed by atoms with van der Waals surface area (Å²) in [4.78, 5) is 13.2. The topological polar surface area (TPSA) is 64.6 Å². The second-order valence-electron chi connectivity index (χ2n) is 4.35. The number of nitrogens with zero attached hydrogens (tertiary/aromatic N) is 1. The zero-order valence-electron chi connectivity index (χ0n) is 9.41. The lowest BCUT2D eigenvalue weighted by Gasteiger charge is -2.27. The summed E-state index contributed by atoms with van der Waals surface area (Å²) in [6, 6.07) is 0. The third kappa shape index (κ3) is 3.04. The lowest BCUT2D eigenvalue weighted by Crippen LogP contribution is -2.47. The maximum absolute atomic E-state index is 11.2. The number of aliphatic hydroxyl groups excluding tert-OH is 1. The predicted molar refractivity (Wildman–Crippen MR) is 61.0 cm³/mol. The molecule has 2 fully saturated rings. The molecule has 16 heavy (non-hydrogen) atoms. The molecule has 3 N–H and O–H groups in total. The minimum Gasteiger partial charge on any atom is -0.389 e. The molecule has 0 radical (unpaired) electrons. The Bertz CT molecular complexity index is 291. The van der Waals surface area contributed by atoms with Crippen LogP contribution in [-0.4, -0.2) is 61.3 Å². The number of nitrogens with one attached hydrogen (secondary N) is 2. The zero-order chi connectivity index (χ0) is 11.4. The van der Waals surface area contributed by atoms with Crippen molar-refractivity contribution in [3.63, 3.8) is 0 Å². The molecule has 0 bridgehead atoms. The number of piperidine rings is 1. The van der Waals surface area contributed by atoms with Gasteiger partial charge >= 0.3 is 0 Å². The highest BCUT2D eigenvalue weighted by Crippen LogP contribution is 2.10. The van der Waals surface area contributed by atoms with E-state index in [1.54, 1.807) is 0 Å². The van der Waals surface area contributed by atoms with Crippen LogP contribution in [0, 0.1) is 0 Å². The quantitative estimate of drug-likeness (QED) is 0.511. The summed E-state index contributed by atoms with van der Waals surface area (Å²) >= 11 is 0. The SMILES string of the molecule is O=C1CN(C/C=C2\CNCCC2O)CCN1. The average Bonchev–Trinajstić information content (AvgIpc) is 2.28. The monoisotopic (exact) mass is 225 g/mol. The van der Waals surface area contributed by atoms with Gasteiger partial charge in [0.05, 0.1) is 12.6 Å². The summed E-state index contributed by atoms with van der Waals surface area (Å²) < 4.78 is 0. The molecule has 0 aliphatic carbocycles. The van der Waals surface area contributed by atoms with Crippen LogP contribution in [-0.2, 0) is 4.79 Å². The van der Waals surface area contributed by atoms with Gasteiger partial charge in [0.1, 0.15) is 0 Å². The number of carbonyl (C=O) groups is 1. The average molecular weight is 225 g/mol. The molecule has 0 aromatic rings. The summed E-state index contributed by atoms with van der Waals surface area (Å²) in [5, 5.41) is 15.8. The summed E-state index contributed by atoms with van der Waals surface area (Å²) in [6.45, 7) is 4.47. The van der Waals surface area contributed by atoms with Gasteiger partial charge in [0.25, 0.3) is 0 Å². The number of hydrogen-bond acceptors (Lipinski definition) is 4. The Labute approximate surface area is 95.5 Å². The molecular formula is C11H19N3O2. The summed E-state index contributed by atoms with van der Waals surface area (Å²) in [6.07, 6.45) is 2.53. The molecule has 0 spiro atoms. The van der Waals surface area contributed by atoms with Gasteiger partial charge in [0, 0.05) is 26.2 Å². The molecule has 2 aliphatic rings. The molecule has 0 aromatic carbocycles. The van der Waals surface area contributed by atoms with Crippen molar-refractivity contribution in [3.05, 3.63) is 11.6 Å². The van der Waals surface area contributed by atoms with E-state index >= 15 is 0 Å². The molecule has 1 amide bonds. The Kier molecular flexibility index (Phi) is 3.93. The van der Waals surface area contributed by atoms with Gasteiger partial charge in [-0.3, -0.25) is 9.69 Å². The smallest absolute Gasteiger partial charge is 0.234 e. The van der Waals surface area contributed by atoms with Crippen molar-refractivity contribution in [2.45, 2.75) is 12.5 Å². The third-order valence-electron chi connectivity index (χ3n) is 3.08. The lowest BCUT2D eigenvalue weighted by molar-refractivity contribution is -0.123. The Morgan fingerprint density at radius 3 is 3.12 bits per heavy atom. The minimum absolute atomic E-state index is 0.0898. The highest BCUT2D eigenvalue weighted by Gasteiger charge is 2.17. The first-order chi connectivity index (χ1) is 7.75. The van der Waals surface area contributed by atoms with Crippen LogP contribution in [0.15, 0.2) is 11.6 Å². The van der Waals surface area contributed by atoms with Crippen LogP contribution in [0.5, 0.6) is 0 Å². The molecule has 5 nitrogen and oxygen atoms in total. The van der Waals surface area contributed by atoms with E-state index in [1.165, 1.54) is 0 Å². The molecular weight excluding hydrogens is 206 g/mol. The second-order valence-corrected chi connectivity index (χ2v) is 4.35. The van der Waals surface area contributed by atoms with E-state index < -0.39 is 0 Å². The number of carbonyl (C=O) groups excluding carboxylic acids is 1. The van der Waals surface area contributed by atoms with Gasteiger partial charge in [-0.15, -0.1) is 0 Å². The standard InChI is InChI=1S/C11H19N3O2/c15-10-1-3-12-7-9(10)2-5-14-6-4-13-11(16)8-14/h2,10,12,15H,1,3-8H2,(H,13,16)/b9-2+. The zero-order valence-corrected chi connectivity index (χ0v) is 9.41. The number of rotatable bonds is 2. The summed E-state index contributed by atoms with van der Waals surface area (Å²) in [5.74, 6) is 0.0898. The minimum atomic E-state index is -0.306. The fourth-order valence-electron chi connectivity index (χ4n) is 2.08. The van der Waals surface area contributed by atoms with Crippen LogP contribution in [0.1, 0.15) is 6.42 Å². The third-order valence-corrected chi connectivity index (χ3v) is 3.08. The van der Waals surface area contributed by atoms with Crippen LogP contribution in [0.3, 0.4) is 0 Å². The van der Waals surface area contributed by atoms with Gasteiger partial charge in [-0.1, -0.05) is 6.08 Å². The second kappa shape index (κ2) is 5.43. The van der Waals surface area contributed by atoms with Gasteiger partial charge in [-0.05, 0) is 18.5 Å². The van der Waals surface area contributed by atoms with Gasteiger partial charge in [0.2, 0.25) is 5.91 Å². The first-order valence-corrected chi connectivity index (χ1v) is 5.82. The van der Waals surface area contributed by atoms with Crippen LogP contribution in [0.4, 0.5) is 0 Å². The van der Waals surface area contributed by atoms with Crippen molar-refractivity contribution in [2.24, 2.45) is 0 Å². The number of piperazine rings is 1. The summed E-state index contributed by atoms with van der Waals surface area (Å²) in [7, 11) is 0. The first-order valence-electron chi connectivity index (χ1n) is 5.82. The Balaban J connectivity index is 1.84. The lowest BCUT2D eigenvalue weighted by atomic mass is 10.0. The summed E-state index contributed by atoms with van der Waals surface area (Å²) in [5.41, 5.74) is 1.05. The van der Waals surface area contributed by atoms with Crippen LogP contribution in [0.25, 0.3) is 0 Å². The van der Waals surface area contributed by atoms with Gasteiger partial charge in [-0.25, -0.2) is 0 Å². The van der Waals surface area contributed by atoms with E-state index in [2.05, 4.69) is 21.6 Å². The van der Waals surface area contributed by atoms with E-state index in [4.69, 9.17) is 0 Å². The molecule has 2 heterocycles. The van der Waals surface area contributed by atoms with Crippen molar-refractivity contribution in [1.29, 1.82) is 0 Å². The molecule has 0 saturated carbocycles. The molecule has 1 atom stereocenters. The van der Waals surface area contributed by atoms with E-state index in [-0.39, 0.29) is 12.0 Å². The highest BCUT2D eigenvalue weighted by atomic mass is 16.3. The fourth-order valence-corrected chi connectivity index (χ4v) is 2.08. The van der Waals surface area contributed by atoms with E-state index in [0.29, 0.717) is 6.54 Å². The van der Waals surface area contributed by atoms with Crippen LogP contribution >= 0.6 is 0 Å². The largest absolute Gasteiger partial charge is 0.389 e. The maximum atomic E-state index is 11.2. The van der Waals surface area contributed by atoms with Crippen LogP contribution < -0.4 is 10.6 Å². The highest BCUT2D eigenvalue weighted by molar-refractivity contribution is 5.78. The number of aliphatic hydroxyl groups is 1. The van der Waals surface area contributed by atoms with Crippen molar-refractivity contribution >= 4 is 5.91 Å². The number of hydrogen-bond donors (Lipinski definition) is 3. The molecule has 2 aliphatic heterocycles. The van der Waals surface area contributed by atoms with E-state index in [9.17, 15) is 9.90 Å². The Hall–Kier alpha value is -0.910. The van der Waals surface area contributed by atoms with Crippen molar-refractivity contribution in [3.8, 4) is 0 Å². The van der Waals surface area contributed by atoms with Crippen molar-refractivity contribution < 1.29 is 9.90 Å². The van der Waals surface area contributed by atoms with E-state index in [1.807, 2.05) is 0 Å². The molecule has 2 rings (SSSR count). The Morgan fingerprint density at radius 1 is 1.50 bits per heavy atom. The van der Waals surface area contributed by atoms with Gasteiger partial charge < -0.3 is 15.7 Å². The fraction of sp³-hybridized carbons (Fsp3) is 0.727. The normalized spacial score (nSPS) is 30.4. The van der Waals surface area contributed by atoms with Crippen LogP contribution in [0.2, 0.25) is 0 Å². The Morgan fingerprint density at radius 2 is 2.38 bits per heavy atom. The molecule has 90 valence electrons.